The summed E-state index contributed by atoms with van der Waals surface area (Å²) in [4.78, 5) is 29.9. The van der Waals surface area contributed by atoms with E-state index < -0.39 is 22.6 Å². The molecule has 0 aliphatic heterocycles. The molecule has 0 fully saturated rings. The molecule has 0 saturated carbocycles. The van der Waals surface area contributed by atoms with Gasteiger partial charge in [0.05, 0.1) is 16.4 Å². The standard InChI is InChI=1S/C14H16N2O4S/c1-14(2,12(19)20)7-10(11(17)18)21-13-15-8-5-3-4-6-9(8)16-13/h3-6,10H,7H2,1-2H3,(H,15,16)(H,17,18)(H,19,20). The quantitative estimate of drug-likeness (QED) is 0.709. The van der Waals surface area contributed by atoms with Crippen molar-refractivity contribution in [3.8, 4) is 0 Å². The van der Waals surface area contributed by atoms with Crippen LogP contribution in [0.1, 0.15) is 20.3 Å². The van der Waals surface area contributed by atoms with Crippen LogP contribution in [-0.4, -0.2) is 37.4 Å². The van der Waals surface area contributed by atoms with Crippen LogP contribution in [0.2, 0.25) is 0 Å². The molecule has 6 nitrogen and oxygen atoms in total. The molecule has 2 aromatic rings. The molecule has 0 radical (unpaired) electrons. The number of hydrogen-bond donors (Lipinski definition) is 3. The second-order valence-corrected chi connectivity index (χ2v) is 6.59. The zero-order valence-electron chi connectivity index (χ0n) is 11.7. The monoisotopic (exact) mass is 308 g/mol. The predicted octanol–water partition coefficient (Wildman–Crippen LogP) is 2.61. The molecule has 3 N–H and O–H groups in total. The Morgan fingerprint density at radius 2 is 2.00 bits per heavy atom. The first-order chi connectivity index (χ1) is 9.79. The average molecular weight is 308 g/mol. The van der Waals surface area contributed by atoms with Crippen LogP contribution in [0.25, 0.3) is 11.0 Å². The highest BCUT2D eigenvalue weighted by Crippen LogP contribution is 2.32. The Labute approximate surface area is 125 Å². The highest BCUT2D eigenvalue weighted by atomic mass is 32.2. The lowest BCUT2D eigenvalue weighted by Gasteiger charge is -2.22. The smallest absolute Gasteiger partial charge is 0.317 e. The second kappa shape index (κ2) is 5.77. The van der Waals surface area contributed by atoms with E-state index in [4.69, 9.17) is 5.11 Å². The van der Waals surface area contributed by atoms with Crippen LogP contribution in [0.3, 0.4) is 0 Å². The number of hydrogen-bond acceptors (Lipinski definition) is 4. The number of carboxylic acid groups (broad SMARTS) is 2. The number of carbonyl (C=O) groups is 2. The van der Waals surface area contributed by atoms with Crippen molar-refractivity contribution in [2.24, 2.45) is 5.41 Å². The van der Waals surface area contributed by atoms with Gasteiger partial charge in [-0.15, -0.1) is 0 Å². The fraction of sp³-hybridized carbons (Fsp3) is 0.357. The van der Waals surface area contributed by atoms with E-state index in [1.165, 1.54) is 13.8 Å². The molecule has 2 rings (SSSR count). The first-order valence-electron chi connectivity index (χ1n) is 6.37. The van der Waals surface area contributed by atoms with E-state index in [0.29, 0.717) is 5.16 Å². The molecule has 0 aliphatic rings. The highest BCUT2D eigenvalue weighted by molar-refractivity contribution is 8.00. The number of para-hydroxylation sites is 2. The van der Waals surface area contributed by atoms with E-state index >= 15 is 0 Å². The number of benzene rings is 1. The topological polar surface area (TPSA) is 103 Å². The average Bonchev–Trinajstić information content (AvgIpc) is 2.79. The number of rotatable bonds is 6. The first kappa shape index (κ1) is 15.4. The Balaban J connectivity index is 2.20. The maximum Gasteiger partial charge on any atom is 0.317 e. The number of aromatic nitrogens is 2. The Kier molecular flexibility index (Phi) is 4.22. The van der Waals surface area contributed by atoms with E-state index in [-0.39, 0.29) is 6.42 Å². The third-order valence-electron chi connectivity index (χ3n) is 3.17. The zero-order valence-corrected chi connectivity index (χ0v) is 12.5. The lowest BCUT2D eigenvalue weighted by atomic mass is 9.88. The third kappa shape index (κ3) is 3.55. The van der Waals surface area contributed by atoms with Gasteiger partial charge in [0.15, 0.2) is 5.16 Å². The first-order valence-corrected chi connectivity index (χ1v) is 7.25. The minimum atomic E-state index is -1.11. The Hall–Kier alpha value is -2.02. The lowest BCUT2D eigenvalue weighted by molar-refractivity contribution is -0.148. The molecule has 1 unspecified atom stereocenters. The number of thioether (sulfide) groups is 1. The number of fused-ring (bicyclic) bond motifs is 1. The molecule has 7 heteroatoms. The molecule has 21 heavy (non-hydrogen) atoms. The molecule has 1 aromatic heterocycles. The van der Waals surface area contributed by atoms with Crippen molar-refractivity contribution in [3.05, 3.63) is 24.3 Å². The largest absolute Gasteiger partial charge is 0.481 e. The van der Waals surface area contributed by atoms with Crippen molar-refractivity contribution in [3.63, 3.8) is 0 Å². The Morgan fingerprint density at radius 3 is 2.57 bits per heavy atom. The summed E-state index contributed by atoms with van der Waals surface area (Å²) in [5.41, 5.74) is 0.463. The minimum Gasteiger partial charge on any atom is -0.481 e. The summed E-state index contributed by atoms with van der Waals surface area (Å²) in [5, 5.41) is 18.0. The van der Waals surface area contributed by atoms with Gasteiger partial charge >= 0.3 is 11.9 Å². The number of aliphatic carboxylic acids is 2. The van der Waals surface area contributed by atoms with Crippen LogP contribution in [0.4, 0.5) is 0 Å². The molecule has 0 bridgehead atoms. The van der Waals surface area contributed by atoms with Gasteiger partial charge < -0.3 is 15.2 Å². The number of imidazole rings is 1. The molecule has 0 saturated heterocycles. The maximum atomic E-state index is 11.4. The van der Waals surface area contributed by atoms with E-state index in [0.717, 1.165) is 22.8 Å². The Bertz CT molecular complexity index is 647. The van der Waals surface area contributed by atoms with Gasteiger partial charge in [0.2, 0.25) is 0 Å². The maximum absolute atomic E-state index is 11.4. The molecule has 1 atom stereocenters. The summed E-state index contributed by atoms with van der Waals surface area (Å²) in [6.45, 7) is 3.04. The van der Waals surface area contributed by atoms with Crippen molar-refractivity contribution in [1.29, 1.82) is 0 Å². The van der Waals surface area contributed by atoms with Gasteiger partial charge in [0.25, 0.3) is 0 Å². The number of nitrogens with zero attached hydrogens (tertiary/aromatic N) is 1. The van der Waals surface area contributed by atoms with Gasteiger partial charge in [-0.05, 0) is 32.4 Å². The van der Waals surface area contributed by atoms with Crippen LogP contribution in [0.5, 0.6) is 0 Å². The van der Waals surface area contributed by atoms with Gasteiger partial charge in [0, 0.05) is 0 Å². The van der Waals surface area contributed by atoms with Gasteiger partial charge in [-0.2, -0.15) is 0 Å². The SMILES string of the molecule is CC(C)(CC(Sc1nc2ccccc2[nH]1)C(=O)O)C(=O)O. The summed E-state index contributed by atoms with van der Waals surface area (Å²) < 4.78 is 0. The third-order valence-corrected chi connectivity index (χ3v) is 4.24. The van der Waals surface area contributed by atoms with Gasteiger partial charge in [-0.1, -0.05) is 23.9 Å². The number of H-pyrrole nitrogens is 1. The van der Waals surface area contributed by atoms with Crippen LogP contribution in [0, 0.1) is 5.41 Å². The molecule has 0 aliphatic carbocycles. The number of carboxylic acids is 2. The molecule has 0 spiro atoms. The van der Waals surface area contributed by atoms with E-state index in [9.17, 15) is 14.7 Å². The number of nitrogens with one attached hydrogen (secondary N) is 1. The van der Waals surface area contributed by atoms with Crippen molar-refractivity contribution < 1.29 is 19.8 Å². The number of aromatic amines is 1. The summed E-state index contributed by atoms with van der Waals surface area (Å²) in [7, 11) is 0. The molecular formula is C14H16N2O4S. The minimum absolute atomic E-state index is 0.0133. The molecular weight excluding hydrogens is 292 g/mol. The fourth-order valence-electron chi connectivity index (χ4n) is 1.85. The van der Waals surface area contributed by atoms with Crippen molar-refractivity contribution >= 4 is 34.7 Å². The van der Waals surface area contributed by atoms with E-state index in [2.05, 4.69) is 9.97 Å². The fourth-order valence-corrected chi connectivity index (χ4v) is 3.04. The van der Waals surface area contributed by atoms with Crippen molar-refractivity contribution in [2.45, 2.75) is 30.7 Å². The molecule has 112 valence electrons. The van der Waals surface area contributed by atoms with Crippen LogP contribution in [0.15, 0.2) is 29.4 Å². The van der Waals surface area contributed by atoms with E-state index in [1.807, 2.05) is 24.3 Å². The lowest BCUT2D eigenvalue weighted by Crippen LogP contribution is -2.31. The second-order valence-electron chi connectivity index (χ2n) is 5.40. The summed E-state index contributed by atoms with van der Waals surface area (Å²) >= 11 is 1.04. The highest BCUT2D eigenvalue weighted by Gasteiger charge is 2.34. The van der Waals surface area contributed by atoms with Crippen LogP contribution < -0.4 is 0 Å². The molecule has 1 heterocycles. The Morgan fingerprint density at radius 1 is 1.33 bits per heavy atom. The summed E-state index contributed by atoms with van der Waals surface area (Å²) in [6, 6.07) is 7.38. The van der Waals surface area contributed by atoms with Crippen molar-refractivity contribution in [2.75, 3.05) is 0 Å². The zero-order chi connectivity index (χ0) is 15.6. The summed E-state index contributed by atoms with van der Waals surface area (Å²) in [5.74, 6) is -2.06. The predicted molar refractivity (Wildman–Crippen MR) is 79.4 cm³/mol. The van der Waals surface area contributed by atoms with Crippen molar-refractivity contribution in [1.82, 2.24) is 9.97 Å². The van der Waals surface area contributed by atoms with Crippen LogP contribution in [-0.2, 0) is 9.59 Å². The van der Waals surface area contributed by atoms with Gasteiger partial charge in [0.1, 0.15) is 5.25 Å². The molecule has 0 amide bonds. The summed E-state index contributed by atoms with van der Waals surface area (Å²) in [6.07, 6.45) is 0.0133. The normalized spacial score (nSPS) is 13.2. The van der Waals surface area contributed by atoms with E-state index in [1.54, 1.807) is 0 Å². The van der Waals surface area contributed by atoms with Crippen LogP contribution >= 0.6 is 11.8 Å². The van der Waals surface area contributed by atoms with Gasteiger partial charge in [-0.25, -0.2) is 4.98 Å². The molecule has 1 aromatic carbocycles. The van der Waals surface area contributed by atoms with Gasteiger partial charge in [-0.3, -0.25) is 9.59 Å².